The third kappa shape index (κ3) is 9.59. The minimum Gasteiger partial charge on any atom is -0.465 e. The molecule has 1 aliphatic rings. The number of ether oxygens (including phenoxy) is 2. The van der Waals surface area contributed by atoms with Gasteiger partial charge in [-0.15, -0.1) is 0 Å². The maximum Gasteiger partial charge on any atom is 0.413 e. The van der Waals surface area contributed by atoms with Gasteiger partial charge in [-0.2, -0.15) is 9.61 Å². The van der Waals surface area contributed by atoms with Gasteiger partial charge in [0.2, 0.25) is 0 Å². The zero-order valence-corrected chi connectivity index (χ0v) is 31.1. The van der Waals surface area contributed by atoms with E-state index < -0.39 is 22.2 Å². The summed E-state index contributed by atoms with van der Waals surface area (Å²) in [6, 6.07) is 10.1. The zero-order valence-electron chi connectivity index (χ0n) is 29.1. The minimum atomic E-state index is -1.32. The van der Waals surface area contributed by atoms with Crippen molar-refractivity contribution in [3.63, 3.8) is 0 Å². The molecule has 5 rings (SSSR count). The molecule has 0 unspecified atom stereocenters. The van der Waals surface area contributed by atoms with Gasteiger partial charge in [-0.1, -0.05) is 39.3 Å². The molecule has 0 saturated carbocycles. The van der Waals surface area contributed by atoms with Gasteiger partial charge in [-0.3, -0.25) is 9.88 Å². The second-order valence-corrected chi connectivity index (χ2v) is 26.4. The molecule has 1 aromatic carbocycles. The van der Waals surface area contributed by atoms with Crippen molar-refractivity contribution in [2.24, 2.45) is 5.92 Å². The summed E-state index contributed by atoms with van der Waals surface area (Å²) in [4.78, 5) is 25.6. The first-order valence-electron chi connectivity index (χ1n) is 16.8. The van der Waals surface area contributed by atoms with E-state index in [2.05, 4.69) is 49.6 Å². The number of hydrogen-bond donors (Lipinski definition) is 2. The predicted molar refractivity (Wildman–Crippen MR) is 195 cm³/mol. The highest BCUT2D eigenvalue weighted by molar-refractivity contribution is 6.76. The molecule has 48 heavy (non-hydrogen) atoms. The Morgan fingerprint density at radius 1 is 1.00 bits per heavy atom. The molecule has 4 heterocycles. The number of rotatable bonds is 15. The van der Waals surface area contributed by atoms with Crippen molar-refractivity contribution in [1.82, 2.24) is 24.9 Å². The Hall–Kier alpha value is -3.44. The van der Waals surface area contributed by atoms with Gasteiger partial charge in [0.05, 0.1) is 11.7 Å². The fourth-order valence-corrected chi connectivity index (χ4v) is 7.13. The zero-order chi connectivity index (χ0) is 34.5. The average Bonchev–Trinajstić information content (AvgIpc) is 3.45. The van der Waals surface area contributed by atoms with Crippen LogP contribution in [0.5, 0.6) is 0 Å². The summed E-state index contributed by atoms with van der Waals surface area (Å²) >= 11 is 0. The lowest BCUT2D eigenvalue weighted by Crippen LogP contribution is -2.39. The van der Waals surface area contributed by atoms with Gasteiger partial charge in [0.25, 0.3) is 0 Å². The normalized spacial score (nSPS) is 14.6. The van der Waals surface area contributed by atoms with E-state index in [0.29, 0.717) is 59.1 Å². The summed E-state index contributed by atoms with van der Waals surface area (Å²) in [5.41, 5.74) is 2.49. The Bertz CT molecular complexity index is 1680. The van der Waals surface area contributed by atoms with Crippen LogP contribution in [0.1, 0.15) is 12.8 Å². The molecule has 0 atom stereocenters. The number of fused-ring (bicyclic) bond motifs is 2. The fraction of sp³-hybridized carbons (Fsp3) is 0.529. The van der Waals surface area contributed by atoms with Crippen molar-refractivity contribution in [1.29, 1.82) is 0 Å². The number of hydrogen-bond acceptors (Lipinski definition) is 8. The number of benzene rings is 1. The predicted octanol–water partition coefficient (Wildman–Crippen LogP) is 7.00. The number of nitrogens with zero attached hydrogens (tertiary/aromatic N) is 6. The summed E-state index contributed by atoms with van der Waals surface area (Å²) in [6.07, 6.45) is 4.12. The van der Waals surface area contributed by atoms with Crippen molar-refractivity contribution in [2.75, 3.05) is 56.1 Å². The molecular formula is C34H50FN7O4Si2. The van der Waals surface area contributed by atoms with E-state index >= 15 is 0 Å². The van der Waals surface area contributed by atoms with E-state index in [1.165, 1.54) is 17.0 Å². The molecule has 2 N–H and O–H groups in total. The Balaban J connectivity index is 1.59. The van der Waals surface area contributed by atoms with Crippen LogP contribution in [-0.4, -0.2) is 93.2 Å². The third-order valence-electron chi connectivity index (χ3n) is 8.61. The SMILES string of the molecule is C[Si](C)(C)CCOCN(COCC[Si](C)(C)C)c1cc(N(CC2CCNCC2)C(=O)O)nc2c(-c3cnc4ccc(F)cc4c3)cnn12. The summed E-state index contributed by atoms with van der Waals surface area (Å²) in [6.45, 7) is 17.6. The largest absolute Gasteiger partial charge is 0.465 e. The van der Waals surface area contributed by atoms with Crippen LogP contribution < -0.4 is 15.1 Å². The first-order valence-corrected chi connectivity index (χ1v) is 24.2. The van der Waals surface area contributed by atoms with Gasteiger partial charge in [0.15, 0.2) is 5.65 Å². The number of nitrogens with one attached hydrogen (secondary N) is 1. The molecule has 0 aliphatic carbocycles. The standard InChI is InChI=1S/C34H50FN7O4Si2/c1-47(2,3)15-13-45-23-40(24-46-14-16-48(4,5)6)32-19-31(41(34(43)44)22-25-9-11-36-12-10-25)39-33-29(21-38-42(32)33)27-17-26-18-28(35)7-8-30(26)37-20-27/h7-8,17-21,25,36H,9-16,22-24H2,1-6H3,(H,43,44). The van der Waals surface area contributed by atoms with E-state index in [4.69, 9.17) is 19.6 Å². The highest BCUT2D eigenvalue weighted by atomic mass is 28.3. The molecule has 11 nitrogen and oxygen atoms in total. The summed E-state index contributed by atoms with van der Waals surface area (Å²) in [5.74, 6) is 0.773. The molecule has 1 amide bonds. The summed E-state index contributed by atoms with van der Waals surface area (Å²) in [7, 11) is -2.65. The Kier molecular flexibility index (Phi) is 11.5. The first-order chi connectivity index (χ1) is 22.8. The van der Waals surface area contributed by atoms with Crippen LogP contribution in [0.15, 0.2) is 42.7 Å². The molecule has 4 aromatic rings. The number of piperidine rings is 1. The van der Waals surface area contributed by atoms with Gasteiger partial charge in [-0.05, 0) is 68.2 Å². The van der Waals surface area contributed by atoms with Crippen LogP contribution in [0.25, 0.3) is 27.7 Å². The lowest BCUT2D eigenvalue weighted by atomic mass is 9.97. The minimum absolute atomic E-state index is 0.207. The number of aromatic nitrogens is 4. The van der Waals surface area contributed by atoms with Crippen LogP contribution in [-0.2, 0) is 9.47 Å². The van der Waals surface area contributed by atoms with Crippen molar-refractivity contribution in [3.05, 3.63) is 48.5 Å². The fourth-order valence-electron chi connectivity index (χ4n) is 5.62. The molecule has 3 aromatic heterocycles. The van der Waals surface area contributed by atoms with Gasteiger partial charge in [0.1, 0.15) is 30.9 Å². The summed E-state index contributed by atoms with van der Waals surface area (Å²) < 4.78 is 28.3. The molecule has 1 aliphatic heterocycles. The highest BCUT2D eigenvalue weighted by Crippen LogP contribution is 2.32. The number of pyridine rings is 1. The Morgan fingerprint density at radius 3 is 2.29 bits per heavy atom. The number of anilines is 2. The van der Waals surface area contributed by atoms with Gasteiger partial charge in [-0.25, -0.2) is 14.2 Å². The van der Waals surface area contributed by atoms with Gasteiger partial charge >= 0.3 is 6.09 Å². The van der Waals surface area contributed by atoms with Crippen LogP contribution in [0.3, 0.4) is 0 Å². The molecule has 0 radical (unpaired) electrons. The van der Waals surface area contributed by atoms with Crippen molar-refractivity contribution in [2.45, 2.75) is 64.2 Å². The lowest BCUT2D eigenvalue weighted by molar-refractivity contribution is 0.0942. The number of carboxylic acid groups (broad SMARTS) is 1. The summed E-state index contributed by atoms with van der Waals surface area (Å²) in [5, 5.41) is 19.2. The Morgan fingerprint density at radius 2 is 1.67 bits per heavy atom. The van der Waals surface area contributed by atoms with E-state index in [1.54, 1.807) is 29.0 Å². The van der Waals surface area contributed by atoms with Crippen LogP contribution in [0, 0.1) is 11.7 Å². The van der Waals surface area contributed by atoms with E-state index in [0.717, 1.165) is 38.0 Å². The van der Waals surface area contributed by atoms with Gasteiger partial charge < -0.3 is 24.8 Å². The molecule has 1 saturated heterocycles. The number of carbonyl (C=O) groups is 1. The van der Waals surface area contributed by atoms with Crippen LogP contribution in [0.4, 0.5) is 20.8 Å². The number of amides is 1. The quantitative estimate of drug-likeness (QED) is 0.0770. The molecule has 1 fully saturated rings. The lowest BCUT2D eigenvalue weighted by Gasteiger charge is -2.30. The second-order valence-electron chi connectivity index (χ2n) is 15.1. The molecule has 0 bridgehead atoms. The maximum atomic E-state index is 14.2. The van der Waals surface area contributed by atoms with Crippen molar-refractivity contribution in [3.8, 4) is 11.1 Å². The first kappa shape index (κ1) is 35.9. The third-order valence-corrected chi connectivity index (χ3v) is 12.0. The van der Waals surface area contributed by atoms with Crippen LogP contribution in [0.2, 0.25) is 51.4 Å². The average molecular weight is 696 g/mol. The smallest absolute Gasteiger partial charge is 0.413 e. The topological polar surface area (TPSA) is 117 Å². The van der Waals surface area contributed by atoms with Crippen LogP contribution >= 0.6 is 0 Å². The van der Waals surface area contributed by atoms with Crippen molar-refractivity contribution < 1.29 is 23.8 Å². The second kappa shape index (κ2) is 15.4. The molecule has 0 spiro atoms. The van der Waals surface area contributed by atoms with Crippen molar-refractivity contribution >= 4 is 50.4 Å². The van der Waals surface area contributed by atoms with E-state index in [9.17, 15) is 14.3 Å². The molecular weight excluding hydrogens is 646 g/mol. The maximum absolute atomic E-state index is 14.2. The number of halogens is 1. The highest BCUT2D eigenvalue weighted by Gasteiger charge is 2.27. The van der Waals surface area contributed by atoms with E-state index in [1.807, 2.05) is 11.0 Å². The molecule has 14 heteroatoms. The molecule has 260 valence electrons. The Labute approximate surface area is 284 Å². The van der Waals surface area contributed by atoms with E-state index in [-0.39, 0.29) is 25.2 Å². The van der Waals surface area contributed by atoms with Gasteiger partial charge in [0, 0.05) is 64.7 Å². The monoisotopic (exact) mass is 695 g/mol.